The molecule has 1 amide bonds. The molecule has 0 spiro atoms. The quantitative estimate of drug-likeness (QED) is 0.419. The summed E-state index contributed by atoms with van der Waals surface area (Å²) in [5, 5.41) is 0.273. The Morgan fingerprint density at radius 3 is 2.33 bits per heavy atom. The summed E-state index contributed by atoms with van der Waals surface area (Å²) in [5.74, 6) is 0.522. The van der Waals surface area contributed by atoms with Crippen LogP contribution in [0.5, 0.6) is 11.5 Å². The van der Waals surface area contributed by atoms with E-state index in [4.69, 9.17) is 9.47 Å². The largest absolute Gasteiger partial charge is 0.493 e. The Kier molecular flexibility index (Phi) is 6.33. The summed E-state index contributed by atoms with van der Waals surface area (Å²) in [5.41, 5.74) is 2.09. The molecule has 1 aliphatic rings. The van der Waals surface area contributed by atoms with Gasteiger partial charge in [-0.3, -0.25) is 18.7 Å². The van der Waals surface area contributed by atoms with Crippen LogP contribution in [-0.4, -0.2) is 35.8 Å². The van der Waals surface area contributed by atoms with Crippen LogP contribution in [0.15, 0.2) is 76.3 Å². The van der Waals surface area contributed by atoms with Crippen LogP contribution in [0, 0.1) is 0 Å². The number of aryl methyl sites for hydroxylation is 1. The second kappa shape index (κ2) is 9.73. The first kappa shape index (κ1) is 23.4. The van der Waals surface area contributed by atoms with E-state index in [2.05, 4.69) is 0 Å². The number of aromatic nitrogens is 2. The van der Waals surface area contributed by atoms with Gasteiger partial charge in [0.05, 0.1) is 31.7 Å². The molecule has 0 bridgehead atoms. The summed E-state index contributed by atoms with van der Waals surface area (Å²) in [6.07, 6.45) is 1.75. The number of amides is 1. The molecule has 8 heteroatoms. The van der Waals surface area contributed by atoms with E-state index in [-0.39, 0.29) is 24.4 Å². The Morgan fingerprint density at radius 2 is 1.58 bits per heavy atom. The molecule has 1 aromatic heterocycles. The van der Waals surface area contributed by atoms with Crippen molar-refractivity contribution in [2.45, 2.75) is 25.9 Å². The molecule has 5 rings (SSSR count). The van der Waals surface area contributed by atoms with Gasteiger partial charge >= 0.3 is 5.69 Å². The van der Waals surface area contributed by atoms with Crippen molar-refractivity contribution in [3.05, 3.63) is 98.7 Å². The lowest BCUT2D eigenvalue weighted by Gasteiger charge is -2.30. The molecular weight excluding hydrogens is 458 g/mol. The standard InChI is InChI=1S/C28H27N3O5/c1-35-24-15-21-23(16-25(24)36-2)30(28(34)31(27(21)33)17-19-9-4-3-5-10-19)18-26(32)29-14-8-12-20-11-6-7-13-22(20)29/h3-7,9-11,13,15-16H,8,12,14,17-18H2,1-2H3. The molecule has 1 aliphatic heterocycles. The highest BCUT2D eigenvalue weighted by atomic mass is 16.5. The van der Waals surface area contributed by atoms with Crippen LogP contribution in [0.3, 0.4) is 0 Å². The van der Waals surface area contributed by atoms with Crippen LogP contribution in [0.25, 0.3) is 10.9 Å². The van der Waals surface area contributed by atoms with E-state index < -0.39 is 11.2 Å². The molecule has 8 nitrogen and oxygen atoms in total. The molecule has 0 radical (unpaired) electrons. The lowest BCUT2D eigenvalue weighted by Crippen LogP contribution is -2.44. The Labute approximate surface area is 207 Å². The summed E-state index contributed by atoms with van der Waals surface area (Å²) in [4.78, 5) is 42.5. The van der Waals surface area contributed by atoms with Crippen molar-refractivity contribution >= 4 is 22.5 Å². The average Bonchev–Trinajstić information content (AvgIpc) is 2.92. The number of rotatable bonds is 6. The number of anilines is 1. The highest BCUT2D eigenvalue weighted by molar-refractivity contribution is 5.95. The van der Waals surface area contributed by atoms with Gasteiger partial charge < -0.3 is 14.4 Å². The Hall–Kier alpha value is -4.33. The molecule has 4 aromatic rings. The molecule has 2 heterocycles. The number of methoxy groups -OCH3 is 2. The van der Waals surface area contributed by atoms with Gasteiger partial charge in [-0.25, -0.2) is 4.79 Å². The fourth-order valence-corrected chi connectivity index (χ4v) is 4.82. The number of fused-ring (bicyclic) bond motifs is 2. The maximum atomic E-state index is 13.7. The van der Waals surface area contributed by atoms with Gasteiger partial charge in [0.15, 0.2) is 11.5 Å². The van der Waals surface area contributed by atoms with Crippen molar-refractivity contribution in [3.63, 3.8) is 0 Å². The van der Waals surface area contributed by atoms with Crippen molar-refractivity contribution in [2.75, 3.05) is 25.7 Å². The number of benzene rings is 3. The van der Waals surface area contributed by atoms with Crippen LogP contribution >= 0.6 is 0 Å². The van der Waals surface area contributed by atoms with E-state index in [9.17, 15) is 14.4 Å². The van der Waals surface area contributed by atoms with Gasteiger partial charge in [0.25, 0.3) is 5.56 Å². The number of hydrogen-bond donors (Lipinski definition) is 0. The maximum absolute atomic E-state index is 13.7. The third-order valence-corrected chi connectivity index (χ3v) is 6.62. The Bertz CT molecular complexity index is 1560. The van der Waals surface area contributed by atoms with E-state index in [0.717, 1.165) is 29.7 Å². The van der Waals surface area contributed by atoms with E-state index in [0.29, 0.717) is 23.6 Å². The molecule has 0 atom stereocenters. The van der Waals surface area contributed by atoms with Gasteiger partial charge in [-0.2, -0.15) is 0 Å². The topological polar surface area (TPSA) is 82.8 Å². The zero-order chi connectivity index (χ0) is 25.2. The molecule has 0 saturated carbocycles. The van der Waals surface area contributed by atoms with Gasteiger partial charge in [-0.05, 0) is 36.1 Å². The van der Waals surface area contributed by atoms with Crippen molar-refractivity contribution in [1.29, 1.82) is 0 Å². The number of carbonyl (C=O) groups is 1. The molecule has 0 aliphatic carbocycles. The molecular formula is C28H27N3O5. The maximum Gasteiger partial charge on any atom is 0.332 e. The lowest BCUT2D eigenvalue weighted by molar-refractivity contribution is -0.119. The second-order valence-corrected chi connectivity index (χ2v) is 8.75. The van der Waals surface area contributed by atoms with Gasteiger partial charge in [-0.15, -0.1) is 0 Å². The van der Waals surface area contributed by atoms with E-state index in [1.165, 1.54) is 23.4 Å². The predicted molar refractivity (Wildman–Crippen MR) is 138 cm³/mol. The SMILES string of the molecule is COc1cc2c(=O)n(Cc3ccccc3)c(=O)n(CC(=O)N3CCCc4ccccc43)c2cc1OC. The number of para-hydroxylation sites is 1. The highest BCUT2D eigenvalue weighted by Crippen LogP contribution is 2.31. The van der Waals surface area contributed by atoms with Crippen molar-refractivity contribution < 1.29 is 14.3 Å². The van der Waals surface area contributed by atoms with Crippen LogP contribution in [0.2, 0.25) is 0 Å². The number of hydrogen-bond acceptors (Lipinski definition) is 5. The third-order valence-electron chi connectivity index (χ3n) is 6.62. The molecule has 0 N–H and O–H groups in total. The molecule has 0 fully saturated rings. The predicted octanol–water partition coefficient (Wildman–Crippen LogP) is 3.21. The fourth-order valence-electron chi connectivity index (χ4n) is 4.82. The Morgan fingerprint density at radius 1 is 0.889 bits per heavy atom. The Balaban J connectivity index is 1.67. The monoisotopic (exact) mass is 485 g/mol. The summed E-state index contributed by atoms with van der Waals surface area (Å²) < 4.78 is 13.4. The normalized spacial score (nSPS) is 12.9. The van der Waals surface area contributed by atoms with Crippen LogP contribution in [-0.2, 0) is 24.3 Å². The average molecular weight is 486 g/mol. The highest BCUT2D eigenvalue weighted by Gasteiger charge is 2.25. The van der Waals surface area contributed by atoms with Crippen molar-refractivity contribution in [1.82, 2.24) is 9.13 Å². The number of carbonyl (C=O) groups excluding carboxylic acids is 1. The van der Waals surface area contributed by atoms with E-state index in [1.54, 1.807) is 17.0 Å². The van der Waals surface area contributed by atoms with Gasteiger partial charge in [0.2, 0.25) is 5.91 Å². The summed E-state index contributed by atoms with van der Waals surface area (Å²) in [7, 11) is 2.97. The number of ether oxygens (including phenoxy) is 2. The fraction of sp³-hybridized carbons (Fsp3) is 0.250. The summed E-state index contributed by atoms with van der Waals surface area (Å²) in [6, 6.07) is 20.2. The molecule has 0 saturated heterocycles. The first-order valence-corrected chi connectivity index (χ1v) is 11.8. The van der Waals surface area contributed by atoms with Crippen molar-refractivity contribution in [2.24, 2.45) is 0 Å². The van der Waals surface area contributed by atoms with Crippen LogP contribution in [0.1, 0.15) is 17.5 Å². The van der Waals surface area contributed by atoms with Crippen molar-refractivity contribution in [3.8, 4) is 11.5 Å². The molecule has 0 unspecified atom stereocenters. The van der Waals surface area contributed by atoms with Gasteiger partial charge in [0, 0.05) is 18.3 Å². The molecule has 36 heavy (non-hydrogen) atoms. The molecule has 3 aromatic carbocycles. The first-order valence-electron chi connectivity index (χ1n) is 11.8. The van der Waals surface area contributed by atoms with Crippen LogP contribution < -0.4 is 25.6 Å². The van der Waals surface area contributed by atoms with E-state index in [1.807, 2.05) is 54.6 Å². The van der Waals surface area contributed by atoms with Crippen LogP contribution in [0.4, 0.5) is 5.69 Å². The summed E-state index contributed by atoms with van der Waals surface area (Å²) in [6.45, 7) is 0.446. The zero-order valence-corrected chi connectivity index (χ0v) is 20.3. The lowest BCUT2D eigenvalue weighted by atomic mass is 10.0. The third kappa shape index (κ3) is 4.15. The summed E-state index contributed by atoms with van der Waals surface area (Å²) >= 11 is 0. The minimum absolute atomic E-state index is 0.0868. The van der Waals surface area contributed by atoms with Gasteiger partial charge in [-0.1, -0.05) is 48.5 Å². The number of nitrogens with zero attached hydrogens (tertiary/aromatic N) is 3. The zero-order valence-electron chi connectivity index (χ0n) is 20.3. The smallest absolute Gasteiger partial charge is 0.332 e. The first-order chi connectivity index (χ1) is 17.5. The van der Waals surface area contributed by atoms with Gasteiger partial charge in [0.1, 0.15) is 6.54 Å². The molecule has 184 valence electrons. The van der Waals surface area contributed by atoms with E-state index >= 15 is 0 Å². The minimum Gasteiger partial charge on any atom is -0.493 e. The minimum atomic E-state index is -0.554. The second-order valence-electron chi connectivity index (χ2n) is 8.75.